The first kappa shape index (κ1) is 16.6. The lowest BCUT2D eigenvalue weighted by Crippen LogP contribution is -2.30. The molecule has 1 saturated carbocycles. The van der Waals surface area contributed by atoms with E-state index in [2.05, 4.69) is 0 Å². The number of halogens is 5. The summed E-state index contributed by atoms with van der Waals surface area (Å²) in [5.74, 6) is -1.60. The Bertz CT molecular complexity index is 520. The van der Waals surface area contributed by atoms with Crippen LogP contribution in [0.15, 0.2) is 18.2 Å². The molecule has 1 fully saturated rings. The van der Waals surface area contributed by atoms with Gasteiger partial charge in [-0.2, -0.15) is 13.2 Å². The monoisotopic (exact) mass is 338 g/mol. The summed E-state index contributed by atoms with van der Waals surface area (Å²) in [7, 11) is 0. The van der Waals surface area contributed by atoms with Gasteiger partial charge in [0.25, 0.3) is 0 Å². The molecule has 1 aromatic carbocycles. The molecular weight excluding hydrogens is 324 g/mol. The van der Waals surface area contributed by atoms with Crippen molar-refractivity contribution in [3.63, 3.8) is 0 Å². The molecule has 0 heterocycles. The molecule has 0 aromatic heterocycles. The van der Waals surface area contributed by atoms with E-state index in [4.69, 9.17) is 23.2 Å². The molecule has 1 aliphatic rings. The van der Waals surface area contributed by atoms with Crippen LogP contribution in [0.2, 0.25) is 10.0 Å². The van der Waals surface area contributed by atoms with E-state index in [1.165, 1.54) is 0 Å². The van der Waals surface area contributed by atoms with Gasteiger partial charge in [-0.1, -0.05) is 29.3 Å². The van der Waals surface area contributed by atoms with E-state index in [0.29, 0.717) is 28.5 Å². The zero-order valence-electron chi connectivity index (χ0n) is 11.2. The molecular formula is C15H15Cl2F3O. The van der Waals surface area contributed by atoms with Crippen molar-refractivity contribution in [2.75, 3.05) is 0 Å². The number of rotatable bonds is 3. The molecule has 0 amide bonds. The summed E-state index contributed by atoms with van der Waals surface area (Å²) in [6.07, 6.45) is -3.32. The van der Waals surface area contributed by atoms with Gasteiger partial charge >= 0.3 is 6.18 Å². The zero-order valence-corrected chi connectivity index (χ0v) is 12.7. The number of hydrogen-bond acceptors (Lipinski definition) is 1. The fourth-order valence-electron chi connectivity index (χ4n) is 2.74. The van der Waals surface area contributed by atoms with E-state index in [1.54, 1.807) is 18.2 Å². The molecule has 0 saturated heterocycles. The number of benzene rings is 1. The standard InChI is InChI=1S/C15H15Cl2F3O/c16-12-6-3-10(13(17)8-12)7-14(21)9-1-4-11(5-2-9)15(18,19)20/h3,6,8-9,11H,1-2,4-5,7H2. The van der Waals surface area contributed by atoms with Gasteiger partial charge in [-0.15, -0.1) is 0 Å². The van der Waals surface area contributed by atoms with Crippen LogP contribution in [0.5, 0.6) is 0 Å². The largest absolute Gasteiger partial charge is 0.391 e. The molecule has 0 aliphatic heterocycles. The highest BCUT2D eigenvalue weighted by atomic mass is 35.5. The summed E-state index contributed by atoms with van der Waals surface area (Å²) < 4.78 is 37.8. The van der Waals surface area contributed by atoms with E-state index in [1.807, 2.05) is 0 Å². The summed E-state index contributed by atoms with van der Waals surface area (Å²) in [6, 6.07) is 4.90. The average Bonchev–Trinajstić information content (AvgIpc) is 2.41. The number of carbonyl (C=O) groups is 1. The van der Waals surface area contributed by atoms with Crippen molar-refractivity contribution in [2.24, 2.45) is 11.8 Å². The molecule has 0 bridgehead atoms. The van der Waals surface area contributed by atoms with Gasteiger partial charge in [0.05, 0.1) is 5.92 Å². The molecule has 1 aromatic rings. The number of alkyl halides is 3. The lowest BCUT2D eigenvalue weighted by molar-refractivity contribution is -0.184. The van der Waals surface area contributed by atoms with Crippen molar-refractivity contribution < 1.29 is 18.0 Å². The van der Waals surface area contributed by atoms with Crippen molar-refractivity contribution in [1.82, 2.24) is 0 Å². The van der Waals surface area contributed by atoms with Crippen molar-refractivity contribution >= 4 is 29.0 Å². The molecule has 2 rings (SSSR count). The fourth-order valence-corrected chi connectivity index (χ4v) is 3.22. The Morgan fingerprint density at radius 3 is 2.29 bits per heavy atom. The molecule has 0 radical (unpaired) electrons. The van der Waals surface area contributed by atoms with Crippen LogP contribution in [0.25, 0.3) is 0 Å². The second-order valence-electron chi connectivity index (χ2n) is 5.47. The van der Waals surface area contributed by atoms with Gasteiger partial charge in [0, 0.05) is 22.4 Å². The lowest BCUT2D eigenvalue weighted by Gasteiger charge is -2.29. The highest BCUT2D eigenvalue weighted by Gasteiger charge is 2.42. The number of ketones is 1. The minimum Gasteiger partial charge on any atom is -0.299 e. The van der Waals surface area contributed by atoms with Crippen LogP contribution in [-0.2, 0) is 11.2 Å². The third-order valence-electron chi connectivity index (χ3n) is 4.03. The molecule has 116 valence electrons. The van der Waals surface area contributed by atoms with E-state index in [-0.39, 0.29) is 31.0 Å². The van der Waals surface area contributed by atoms with Crippen molar-refractivity contribution in [2.45, 2.75) is 38.3 Å². The Morgan fingerprint density at radius 2 is 1.76 bits per heavy atom. The van der Waals surface area contributed by atoms with E-state index in [0.717, 1.165) is 0 Å². The van der Waals surface area contributed by atoms with Gasteiger partial charge in [-0.05, 0) is 43.4 Å². The summed E-state index contributed by atoms with van der Waals surface area (Å²) in [5.41, 5.74) is 0.670. The Balaban J connectivity index is 1.93. The van der Waals surface area contributed by atoms with Gasteiger partial charge in [0.15, 0.2) is 0 Å². The minimum absolute atomic E-state index is 0.0360. The topological polar surface area (TPSA) is 17.1 Å². The molecule has 21 heavy (non-hydrogen) atoms. The van der Waals surface area contributed by atoms with E-state index < -0.39 is 12.1 Å². The SMILES string of the molecule is O=C(Cc1ccc(Cl)cc1Cl)C1CCC(C(F)(F)F)CC1. The maximum atomic E-state index is 12.6. The van der Waals surface area contributed by atoms with Crippen LogP contribution in [0.4, 0.5) is 13.2 Å². The van der Waals surface area contributed by atoms with Gasteiger partial charge in [-0.25, -0.2) is 0 Å². The second kappa shape index (κ2) is 6.57. The first-order chi connectivity index (χ1) is 9.77. The number of carbonyl (C=O) groups excluding carboxylic acids is 1. The van der Waals surface area contributed by atoms with Crippen LogP contribution < -0.4 is 0 Å². The van der Waals surface area contributed by atoms with Crippen LogP contribution in [0.1, 0.15) is 31.2 Å². The predicted molar refractivity (Wildman–Crippen MR) is 76.7 cm³/mol. The predicted octanol–water partition coefficient (Wildman–Crippen LogP) is 5.47. The van der Waals surface area contributed by atoms with Gasteiger partial charge < -0.3 is 0 Å². The average molecular weight is 339 g/mol. The number of hydrogen-bond donors (Lipinski definition) is 0. The van der Waals surface area contributed by atoms with Gasteiger partial charge in [0.2, 0.25) is 0 Å². The van der Waals surface area contributed by atoms with Gasteiger partial charge in [-0.3, -0.25) is 4.79 Å². The Kier molecular flexibility index (Phi) is 5.20. The summed E-state index contributed by atoms with van der Waals surface area (Å²) >= 11 is 11.8. The third-order valence-corrected chi connectivity index (χ3v) is 4.61. The lowest BCUT2D eigenvalue weighted by atomic mass is 9.78. The molecule has 1 nitrogen and oxygen atoms in total. The summed E-state index contributed by atoms with van der Waals surface area (Å²) in [5, 5.41) is 0.904. The Labute approximate surface area is 131 Å². The van der Waals surface area contributed by atoms with Crippen LogP contribution >= 0.6 is 23.2 Å². The molecule has 0 unspecified atom stereocenters. The zero-order chi connectivity index (χ0) is 15.6. The normalized spacial score (nSPS) is 23.1. The molecule has 0 N–H and O–H groups in total. The second-order valence-corrected chi connectivity index (χ2v) is 6.31. The summed E-state index contributed by atoms with van der Waals surface area (Å²) in [4.78, 5) is 12.2. The maximum Gasteiger partial charge on any atom is 0.391 e. The van der Waals surface area contributed by atoms with Crippen molar-refractivity contribution in [3.8, 4) is 0 Å². The van der Waals surface area contributed by atoms with Crippen LogP contribution in [-0.4, -0.2) is 12.0 Å². The maximum absolute atomic E-state index is 12.6. The Morgan fingerprint density at radius 1 is 1.14 bits per heavy atom. The smallest absolute Gasteiger partial charge is 0.299 e. The van der Waals surface area contributed by atoms with Gasteiger partial charge in [0.1, 0.15) is 5.78 Å². The molecule has 0 atom stereocenters. The molecule has 0 spiro atoms. The first-order valence-corrected chi connectivity index (χ1v) is 7.56. The van der Waals surface area contributed by atoms with Crippen molar-refractivity contribution in [3.05, 3.63) is 33.8 Å². The first-order valence-electron chi connectivity index (χ1n) is 6.80. The molecule has 1 aliphatic carbocycles. The minimum atomic E-state index is -4.15. The quantitative estimate of drug-likeness (QED) is 0.713. The fraction of sp³-hybridized carbons (Fsp3) is 0.533. The number of Topliss-reactive ketones (excluding diaryl/α,β-unsaturated/α-hetero) is 1. The van der Waals surface area contributed by atoms with Crippen molar-refractivity contribution in [1.29, 1.82) is 0 Å². The highest BCUT2D eigenvalue weighted by molar-refractivity contribution is 6.35. The van der Waals surface area contributed by atoms with E-state index in [9.17, 15) is 18.0 Å². The Hall–Kier alpha value is -0.740. The molecule has 6 heteroatoms. The summed E-state index contributed by atoms with van der Waals surface area (Å²) in [6.45, 7) is 0. The van der Waals surface area contributed by atoms with Crippen LogP contribution in [0, 0.1) is 11.8 Å². The van der Waals surface area contributed by atoms with Crippen LogP contribution in [0.3, 0.4) is 0 Å². The highest BCUT2D eigenvalue weighted by Crippen LogP contribution is 2.40. The van der Waals surface area contributed by atoms with E-state index >= 15 is 0 Å². The third kappa shape index (κ3) is 4.36.